The van der Waals surface area contributed by atoms with Gasteiger partial charge in [0.15, 0.2) is 17.3 Å². The van der Waals surface area contributed by atoms with Crippen molar-refractivity contribution in [3.8, 4) is 17.2 Å². The van der Waals surface area contributed by atoms with Crippen molar-refractivity contribution in [1.29, 1.82) is 0 Å². The molecule has 0 bridgehead atoms. The summed E-state index contributed by atoms with van der Waals surface area (Å²) in [5, 5.41) is 0. The van der Waals surface area contributed by atoms with Crippen LogP contribution < -0.4 is 14.2 Å². The number of allylic oxidation sites excluding steroid dienone is 1. The number of ketones is 1. The van der Waals surface area contributed by atoms with Crippen LogP contribution in [-0.2, 0) is 0 Å². The number of ether oxygens (including phenoxy) is 3. The van der Waals surface area contributed by atoms with Gasteiger partial charge in [-0.15, -0.1) is 0 Å². The summed E-state index contributed by atoms with van der Waals surface area (Å²) in [7, 11) is 3.19. The van der Waals surface area contributed by atoms with E-state index in [0.29, 0.717) is 28.6 Å². The van der Waals surface area contributed by atoms with E-state index in [2.05, 4.69) is 0 Å². The first-order valence-corrected chi connectivity index (χ1v) is 6.90. The average molecular weight is 296 g/mol. The monoisotopic (exact) mass is 296 g/mol. The van der Waals surface area contributed by atoms with Gasteiger partial charge in [-0.3, -0.25) is 4.79 Å². The third-order valence-electron chi connectivity index (χ3n) is 3.56. The van der Waals surface area contributed by atoms with E-state index in [0.717, 1.165) is 11.1 Å². The van der Waals surface area contributed by atoms with E-state index in [1.165, 1.54) is 0 Å². The van der Waals surface area contributed by atoms with Gasteiger partial charge in [0.1, 0.15) is 5.75 Å². The van der Waals surface area contributed by atoms with Gasteiger partial charge in [0, 0.05) is 0 Å². The molecule has 2 aromatic rings. The van der Waals surface area contributed by atoms with Gasteiger partial charge < -0.3 is 14.2 Å². The van der Waals surface area contributed by atoms with Gasteiger partial charge in [0.05, 0.1) is 19.8 Å². The highest BCUT2D eigenvalue weighted by molar-refractivity contribution is 6.14. The Bertz CT molecular complexity index is 775. The van der Waals surface area contributed by atoms with Crippen molar-refractivity contribution in [1.82, 2.24) is 0 Å². The Balaban J connectivity index is 2.01. The molecule has 0 aromatic heterocycles. The Kier molecular flexibility index (Phi) is 3.59. The Hall–Kier alpha value is -2.75. The van der Waals surface area contributed by atoms with Crippen LogP contribution in [0.5, 0.6) is 17.2 Å². The zero-order valence-corrected chi connectivity index (χ0v) is 12.7. The van der Waals surface area contributed by atoms with Crippen LogP contribution >= 0.6 is 0 Å². The molecular formula is C18H16O4. The van der Waals surface area contributed by atoms with Crippen molar-refractivity contribution in [3.05, 3.63) is 58.8 Å². The molecule has 0 amide bonds. The third kappa shape index (κ3) is 2.33. The van der Waals surface area contributed by atoms with E-state index in [-0.39, 0.29) is 5.78 Å². The fourth-order valence-electron chi connectivity index (χ4n) is 2.55. The van der Waals surface area contributed by atoms with Crippen LogP contribution in [-0.4, -0.2) is 20.0 Å². The fourth-order valence-corrected chi connectivity index (χ4v) is 2.55. The lowest BCUT2D eigenvalue weighted by molar-refractivity contribution is 0.101. The number of hydrogen-bond donors (Lipinski definition) is 0. The second-order valence-electron chi connectivity index (χ2n) is 5.01. The number of carbonyl (C=O) groups is 1. The van der Waals surface area contributed by atoms with Crippen LogP contribution in [0, 0.1) is 6.92 Å². The van der Waals surface area contributed by atoms with E-state index >= 15 is 0 Å². The van der Waals surface area contributed by atoms with E-state index in [1.807, 2.05) is 31.2 Å². The highest BCUT2D eigenvalue weighted by Gasteiger charge is 2.26. The first kappa shape index (κ1) is 14.2. The van der Waals surface area contributed by atoms with Crippen molar-refractivity contribution >= 4 is 11.9 Å². The molecule has 0 saturated heterocycles. The van der Waals surface area contributed by atoms with Crippen LogP contribution in [0.1, 0.15) is 21.5 Å². The van der Waals surface area contributed by atoms with Crippen molar-refractivity contribution in [2.45, 2.75) is 6.92 Å². The Morgan fingerprint density at radius 1 is 1.09 bits per heavy atom. The predicted molar refractivity (Wildman–Crippen MR) is 83.7 cm³/mol. The van der Waals surface area contributed by atoms with Gasteiger partial charge in [0.2, 0.25) is 5.78 Å². The molecule has 0 N–H and O–H groups in total. The molecule has 0 radical (unpaired) electrons. The normalized spacial score (nSPS) is 14.7. The average Bonchev–Trinajstić information content (AvgIpc) is 2.83. The van der Waals surface area contributed by atoms with Crippen molar-refractivity contribution in [2.24, 2.45) is 0 Å². The van der Waals surface area contributed by atoms with Crippen molar-refractivity contribution in [2.75, 3.05) is 14.2 Å². The predicted octanol–water partition coefficient (Wildman–Crippen LogP) is 3.63. The van der Waals surface area contributed by atoms with Crippen molar-refractivity contribution < 1.29 is 19.0 Å². The van der Waals surface area contributed by atoms with Crippen LogP contribution in [0.15, 0.2) is 42.2 Å². The number of carbonyl (C=O) groups excluding carboxylic acids is 1. The summed E-state index contributed by atoms with van der Waals surface area (Å²) in [6.45, 7) is 1.93. The molecular weight excluding hydrogens is 280 g/mol. The summed E-state index contributed by atoms with van der Waals surface area (Å²) in [6, 6.07) is 11.0. The molecule has 112 valence electrons. The van der Waals surface area contributed by atoms with E-state index < -0.39 is 0 Å². The Morgan fingerprint density at radius 3 is 2.55 bits per heavy atom. The van der Waals surface area contributed by atoms with Gasteiger partial charge in [-0.05, 0) is 48.4 Å². The number of methoxy groups -OCH3 is 2. The molecule has 0 aliphatic carbocycles. The molecule has 1 aliphatic heterocycles. The molecule has 0 fully saturated rings. The van der Waals surface area contributed by atoms with Crippen LogP contribution in [0.2, 0.25) is 0 Å². The molecule has 1 heterocycles. The molecule has 0 spiro atoms. The van der Waals surface area contributed by atoms with E-state index in [4.69, 9.17) is 14.2 Å². The topological polar surface area (TPSA) is 44.8 Å². The minimum atomic E-state index is -0.108. The maximum Gasteiger partial charge on any atom is 0.231 e. The molecule has 0 atom stereocenters. The van der Waals surface area contributed by atoms with Gasteiger partial charge in [0.25, 0.3) is 0 Å². The molecule has 4 heteroatoms. The number of hydrogen-bond acceptors (Lipinski definition) is 4. The first-order chi connectivity index (χ1) is 10.6. The maximum absolute atomic E-state index is 12.3. The number of benzene rings is 2. The lowest BCUT2D eigenvalue weighted by Gasteiger charge is -2.11. The zero-order valence-electron chi connectivity index (χ0n) is 12.7. The van der Waals surface area contributed by atoms with Gasteiger partial charge >= 0.3 is 0 Å². The minimum absolute atomic E-state index is 0.108. The number of Topliss-reactive ketones (excluding diaryl/α,β-unsaturated/α-hetero) is 1. The molecule has 1 aliphatic rings. The van der Waals surface area contributed by atoms with Gasteiger partial charge in [-0.25, -0.2) is 0 Å². The zero-order chi connectivity index (χ0) is 15.7. The quantitative estimate of drug-likeness (QED) is 0.811. The summed E-state index contributed by atoms with van der Waals surface area (Å²) < 4.78 is 16.3. The van der Waals surface area contributed by atoms with Crippen LogP contribution in [0.25, 0.3) is 6.08 Å². The maximum atomic E-state index is 12.3. The summed E-state index contributed by atoms with van der Waals surface area (Å²) >= 11 is 0. The standard InChI is InChI=1S/C18H16O4/c1-11-8-12(10-16(20-2)18(11)21-3)9-15-17(19)13-6-4-5-7-14(13)22-15/h4-10H,1-3H3/b15-9-. The summed E-state index contributed by atoms with van der Waals surface area (Å²) in [5.41, 5.74) is 2.34. The smallest absolute Gasteiger partial charge is 0.231 e. The second kappa shape index (κ2) is 5.56. The summed E-state index contributed by atoms with van der Waals surface area (Å²) in [5.74, 6) is 2.11. The van der Waals surface area contributed by atoms with Crippen molar-refractivity contribution in [3.63, 3.8) is 0 Å². The second-order valence-corrected chi connectivity index (χ2v) is 5.01. The number of para-hydroxylation sites is 1. The number of aryl methyl sites for hydroxylation is 1. The third-order valence-corrected chi connectivity index (χ3v) is 3.56. The lowest BCUT2D eigenvalue weighted by atomic mass is 10.1. The molecule has 0 unspecified atom stereocenters. The highest BCUT2D eigenvalue weighted by Crippen LogP contribution is 2.35. The molecule has 22 heavy (non-hydrogen) atoms. The summed E-state index contributed by atoms with van der Waals surface area (Å²) in [4.78, 5) is 12.3. The van der Waals surface area contributed by atoms with E-state index in [9.17, 15) is 4.79 Å². The SMILES string of the molecule is COc1cc(/C=C2\Oc3ccccc3C2=O)cc(C)c1OC. The lowest BCUT2D eigenvalue weighted by Crippen LogP contribution is -1.99. The van der Waals surface area contributed by atoms with Crippen LogP contribution in [0.4, 0.5) is 0 Å². The highest BCUT2D eigenvalue weighted by atomic mass is 16.5. The number of fused-ring (bicyclic) bond motifs is 1. The van der Waals surface area contributed by atoms with E-state index in [1.54, 1.807) is 32.4 Å². The fraction of sp³-hybridized carbons (Fsp3) is 0.167. The van der Waals surface area contributed by atoms with Crippen LogP contribution in [0.3, 0.4) is 0 Å². The Morgan fingerprint density at radius 2 is 1.86 bits per heavy atom. The van der Waals surface area contributed by atoms with Gasteiger partial charge in [-0.2, -0.15) is 0 Å². The minimum Gasteiger partial charge on any atom is -0.493 e. The Labute approximate surface area is 128 Å². The van der Waals surface area contributed by atoms with Gasteiger partial charge in [-0.1, -0.05) is 12.1 Å². The first-order valence-electron chi connectivity index (χ1n) is 6.90. The largest absolute Gasteiger partial charge is 0.493 e. The summed E-state index contributed by atoms with van der Waals surface area (Å²) in [6.07, 6.45) is 1.72. The molecule has 4 nitrogen and oxygen atoms in total. The number of rotatable bonds is 3. The molecule has 0 saturated carbocycles. The molecule has 3 rings (SSSR count). The molecule has 2 aromatic carbocycles.